The molecule has 0 saturated carbocycles. The third kappa shape index (κ3) is 4.04. The second kappa shape index (κ2) is 7.64. The van der Waals surface area contributed by atoms with Crippen molar-refractivity contribution in [1.29, 1.82) is 0 Å². The van der Waals surface area contributed by atoms with Gasteiger partial charge in [-0.15, -0.1) is 0 Å². The summed E-state index contributed by atoms with van der Waals surface area (Å²) in [6.07, 6.45) is 2.06. The molecular formula is C18H18ClFN2O2. The number of carbonyl (C=O) groups is 1. The van der Waals surface area contributed by atoms with Crippen molar-refractivity contribution in [3.8, 4) is 5.75 Å². The van der Waals surface area contributed by atoms with Crippen molar-refractivity contribution in [2.24, 2.45) is 0 Å². The van der Waals surface area contributed by atoms with Gasteiger partial charge in [-0.25, -0.2) is 4.39 Å². The molecule has 0 radical (unpaired) electrons. The van der Waals surface area contributed by atoms with E-state index in [-0.39, 0.29) is 16.7 Å². The first-order chi connectivity index (χ1) is 11.6. The maximum atomic E-state index is 13.8. The van der Waals surface area contributed by atoms with E-state index in [0.29, 0.717) is 11.4 Å². The monoisotopic (exact) mass is 348 g/mol. The molecule has 0 unspecified atom stereocenters. The highest BCUT2D eigenvalue weighted by Gasteiger charge is 2.17. The van der Waals surface area contributed by atoms with Crippen LogP contribution in [0.25, 0.3) is 0 Å². The van der Waals surface area contributed by atoms with Crippen LogP contribution in [0, 0.1) is 5.82 Å². The maximum absolute atomic E-state index is 13.8. The highest BCUT2D eigenvalue weighted by Crippen LogP contribution is 2.24. The second-order valence-electron chi connectivity index (χ2n) is 5.65. The van der Waals surface area contributed by atoms with Crippen molar-refractivity contribution in [3.05, 3.63) is 58.9 Å². The van der Waals surface area contributed by atoms with E-state index in [0.717, 1.165) is 25.9 Å². The molecule has 3 rings (SSSR count). The standard InChI is InChI=1S/C18H18ClFN2O2/c19-15-5-2-6-16(20)17(15)18(23)22-12-3-1-4-14(11-12)24-13-7-9-21-10-8-13/h1-6,11,13,21H,7-10H2,(H,22,23). The van der Waals surface area contributed by atoms with Crippen LogP contribution in [0.4, 0.5) is 10.1 Å². The number of piperidine rings is 1. The van der Waals surface area contributed by atoms with Gasteiger partial charge in [0.25, 0.3) is 5.91 Å². The molecule has 126 valence electrons. The SMILES string of the molecule is O=C(Nc1cccc(OC2CCNCC2)c1)c1c(F)cccc1Cl. The van der Waals surface area contributed by atoms with Crippen LogP contribution in [0.2, 0.25) is 5.02 Å². The minimum atomic E-state index is -0.651. The fraction of sp³-hybridized carbons (Fsp3) is 0.278. The van der Waals surface area contributed by atoms with Gasteiger partial charge >= 0.3 is 0 Å². The van der Waals surface area contributed by atoms with Gasteiger partial charge in [0.05, 0.1) is 10.6 Å². The molecule has 2 N–H and O–H groups in total. The Bertz CT molecular complexity index is 712. The minimum absolute atomic E-state index is 0.0783. The molecule has 0 atom stereocenters. The summed E-state index contributed by atoms with van der Waals surface area (Å²) in [6, 6.07) is 11.2. The highest BCUT2D eigenvalue weighted by molar-refractivity contribution is 6.34. The normalized spacial score (nSPS) is 15.1. The van der Waals surface area contributed by atoms with Crippen molar-refractivity contribution >= 4 is 23.2 Å². The van der Waals surface area contributed by atoms with Gasteiger partial charge in [-0.05, 0) is 50.2 Å². The van der Waals surface area contributed by atoms with E-state index in [1.165, 1.54) is 18.2 Å². The first kappa shape index (κ1) is 16.7. The number of ether oxygens (including phenoxy) is 1. The van der Waals surface area contributed by atoms with Crippen LogP contribution in [-0.2, 0) is 0 Å². The lowest BCUT2D eigenvalue weighted by atomic mass is 10.1. The molecule has 1 aliphatic rings. The van der Waals surface area contributed by atoms with Gasteiger partial charge in [0, 0.05) is 11.8 Å². The lowest BCUT2D eigenvalue weighted by Crippen LogP contribution is -2.34. The smallest absolute Gasteiger partial charge is 0.260 e. The third-order valence-electron chi connectivity index (χ3n) is 3.87. The second-order valence-corrected chi connectivity index (χ2v) is 6.05. The summed E-state index contributed by atoms with van der Waals surface area (Å²) in [4.78, 5) is 12.3. The largest absolute Gasteiger partial charge is 0.490 e. The Morgan fingerprint density at radius 2 is 1.96 bits per heavy atom. The molecule has 1 heterocycles. The van der Waals surface area contributed by atoms with Crippen molar-refractivity contribution in [3.63, 3.8) is 0 Å². The molecule has 0 aliphatic carbocycles. The van der Waals surface area contributed by atoms with Crippen molar-refractivity contribution in [2.75, 3.05) is 18.4 Å². The molecule has 1 fully saturated rings. The van der Waals surface area contributed by atoms with Gasteiger partial charge < -0.3 is 15.4 Å². The lowest BCUT2D eigenvalue weighted by molar-refractivity contribution is 0.102. The number of nitrogens with one attached hydrogen (secondary N) is 2. The van der Waals surface area contributed by atoms with E-state index >= 15 is 0 Å². The van der Waals surface area contributed by atoms with Crippen LogP contribution in [-0.4, -0.2) is 25.1 Å². The molecule has 4 nitrogen and oxygen atoms in total. The number of carbonyl (C=O) groups excluding carboxylic acids is 1. The average molecular weight is 349 g/mol. The Kier molecular flexibility index (Phi) is 5.33. The Labute approximate surface area is 145 Å². The Morgan fingerprint density at radius 3 is 2.71 bits per heavy atom. The van der Waals surface area contributed by atoms with Crippen LogP contribution in [0.15, 0.2) is 42.5 Å². The van der Waals surface area contributed by atoms with Crippen LogP contribution in [0.3, 0.4) is 0 Å². The van der Waals surface area contributed by atoms with E-state index in [2.05, 4.69) is 10.6 Å². The van der Waals surface area contributed by atoms with Gasteiger partial charge in [-0.1, -0.05) is 23.7 Å². The van der Waals surface area contributed by atoms with Gasteiger partial charge in [0.2, 0.25) is 0 Å². The summed E-state index contributed by atoms with van der Waals surface area (Å²) >= 11 is 5.92. The van der Waals surface area contributed by atoms with Gasteiger partial charge in [0.1, 0.15) is 17.7 Å². The maximum Gasteiger partial charge on any atom is 0.260 e. The molecule has 6 heteroatoms. The molecule has 2 aromatic rings. The van der Waals surface area contributed by atoms with Crippen LogP contribution < -0.4 is 15.4 Å². The number of hydrogen-bond donors (Lipinski definition) is 2. The molecule has 1 amide bonds. The average Bonchev–Trinajstić information content (AvgIpc) is 2.56. The Balaban J connectivity index is 1.71. The van der Waals surface area contributed by atoms with Gasteiger partial charge in [-0.3, -0.25) is 4.79 Å². The van der Waals surface area contributed by atoms with E-state index in [1.807, 2.05) is 6.07 Å². The van der Waals surface area contributed by atoms with E-state index < -0.39 is 11.7 Å². The zero-order valence-corrected chi connectivity index (χ0v) is 13.8. The van der Waals surface area contributed by atoms with Crippen LogP contribution >= 0.6 is 11.6 Å². The number of anilines is 1. The van der Waals surface area contributed by atoms with Crippen LogP contribution in [0.5, 0.6) is 5.75 Å². The quantitative estimate of drug-likeness (QED) is 0.882. The summed E-state index contributed by atoms with van der Waals surface area (Å²) in [5, 5.41) is 6.02. The van der Waals surface area contributed by atoms with Crippen molar-refractivity contribution in [2.45, 2.75) is 18.9 Å². The zero-order chi connectivity index (χ0) is 16.9. The lowest BCUT2D eigenvalue weighted by Gasteiger charge is -2.24. The molecule has 0 aromatic heterocycles. The molecule has 24 heavy (non-hydrogen) atoms. The van der Waals surface area contributed by atoms with E-state index in [1.54, 1.807) is 18.2 Å². The van der Waals surface area contributed by atoms with E-state index in [9.17, 15) is 9.18 Å². The zero-order valence-electron chi connectivity index (χ0n) is 13.0. The number of hydrogen-bond acceptors (Lipinski definition) is 3. The Hall–Kier alpha value is -2.11. The number of rotatable bonds is 4. The molecule has 2 aromatic carbocycles. The fourth-order valence-corrected chi connectivity index (χ4v) is 2.91. The molecular weight excluding hydrogens is 331 g/mol. The summed E-state index contributed by atoms with van der Waals surface area (Å²) in [7, 11) is 0. The summed E-state index contributed by atoms with van der Waals surface area (Å²) in [5.41, 5.74) is 0.370. The van der Waals surface area contributed by atoms with Crippen LogP contribution in [0.1, 0.15) is 23.2 Å². The predicted molar refractivity (Wildman–Crippen MR) is 92.3 cm³/mol. The first-order valence-electron chi connectivity index (χ1n) is 7.86. The summed E-state index contributed by atoms with van der Waals surface area (Å²) < 4.78 is 19.8. The Morgan fingerprint density at radius 1 is 1.21 bits per heavy atom. The molecule has 0 spiro atoms. The van der Waals surface area contributed by atoms with Gasteiger partial charge in [-0.2, -0.15) is 0 Å². The topological polar surface area (TPSA) is 50.4 Å². The summed E-state index contributed by atoms with van der Waals surface area (Å²) in [5.74, 6) is -0.557. The van der Waals surface area contributed by atoms with E-state index in [4.69, 9.17) is 16.3 Å². The number of halogens is 2. The summed E-state index contributed by atoms with van der Waals surface area (Å²) in [6.45, 7) is 1.87. The third-order valence-corrected chi connectivity index (χ3v) is 4.19. The molecule has 1 saturated heterocycles. The minimum Gasteiger partial charge on any atom is -0.490 e. The van der Waals surface area contributed by atoms with Gasteiger partial charge in [0.15, 0.2) is 0 Å². The number of benzene rings is 2. The first-order valence-corrected chi connectivity index (χ1v) is 8.24. The fourth-order valence-electron chi connectivity index (χ4n) is 2.66. The highest BCUT2D eigenvalue weighted by atomic mass is 35.5. The molecule has 1 aliphatic heterocycles. The van der Waals surface area contributed by atoms with Crippen molar-refractivity contribution in [1.82, 2.24) is 5.32 Å². The number of amides is 1. The predicted octanol–water partition coefficient (Wildman–Crippen LogP) is 3.86. The van der Waals surface area contributed by atoms with Crippen molar-refractivity contribution < 1.29 is 13.9 Å². The molecule has 0 bridgehead atoms.